The molecule has 1 heterocycles. The Kier molecular flexibility index (Phi) is 7.19. The summed E-state index contributed by atoms with van der Waals surface area (Å²) in [4.78, 5) is 0.194. The number of fused-ring (bicyclic) bond motifs is 1. The zero-order chi connectivity index (χ0) is 25.5. The molecule has 37 heavy (non-hydrogen) atoms. The summed E-state index contributed by atoms with van der Waals surface area (Å²) in [6.07, 6.45) is 1.63. The summed E-state index contributed by atoms with van der Waals surface area (Å²) in [5, 5.41) is 0.941. The predicted molar refractivity (Wildman–Crippen MR) is 146 cm³/mol. The van der Waals surface area contributed by atoms with Gasteiger partial charge in [0, 0.05) is 16.5 Å². The molecule has 0 fully saturated rings. The summed E-state index contributed by atoms with van der Waals surface area (Å²) in [7, 11) is -3.92. The molecule has 5 rings (SSSR count). The third-order valence-corrected chi connectivity index (χ3v) is 7.63. The van der Waals surface area contributed by atoms with Crippen LogP contribution in [0.15, 0.2) is 131 Å². The zero-order valence-electron chi connectivity index (χ0n) is 19.9. The first-order valence-electron chi connectivity index (χ1n) is 11.8. The van der Waals surface area contributed by atoms with Crippen LogP contribution in [-0.2, 0) is 10.0 Å². The van der Waals surface area contributed by atoms with Crippen LogP contribution in [0.4, 0.5) is 0 Å². The van der Waals surface area contributed by atoms with Gasteiger partial charge in [-0.1, -0.05) is 90.4 Å². The molecule has 4 aromatic carbocycles. The van der Waals surface area contributed by atoms with Gasteiger partial charge in [-0.15, -0.1) is 0 Å². The van der Waals surface area contributed by atoms with Crippen LogP contribution in [0.25, 0.3) is 11.0 Å². The first kappa shape index (κ1) is 24.2. The molecular formula is C32H23NO3S. The number of hydrogen-bond acceptors (Lipinski definition) is 3. The predicted octanol–water partition coefficient (Wildman–Crippen LogP) is 6.27. The molecule has 0 N–H and O–H groups in total. The van der Waals surface area contributed by atoms with Crippen LogP contribution in [0.5, 0.6) is 0 Å². The smallest absolute Gasteiger partial charge is 0.245 e. The number of rotatable bonds is 5. The third-order valence-electron chi connectivity index (χ3n) is 5.80. The second-order valence-electron chi connectivity index (χ2n) is 8.29. The van der Waals surface area contributed by atoms with Gasteiger partial charge in [0.05, 0.1) is 17.7 Å². The lowest BCUT2D eigenvalue weighted by Crippen LogP contribution is -2.35. The Labute approximate surface area is 217 Å². The Morgan fingerprint density at radius 3 is 2.14 bits per heavy atom. The lowest BCUT2D eigenvalue weighted by Gasteiger charge is -2.26. The normalized spacial score (nSPS) is 11.8. The van der Waals surface area contributed by atoms with E-state index in [0.717, 1.165) is 27.7 Å². The average molecular weight is 502 g/mol. The fraction of sp³-hybridized carbons (Fsp3) is 0.0625. The highest BCUT2D eigenvalue weighted by atomic mass is 32.2. The second kappa shape index (κ2) is 11.0. The van der Waals surface area contributed by atoms with Crippen molar-refractivity contribution in [1.82, 2.24) is 4.31 Å². The molecule has 0 saturated heterocycles. The van der Waals surface area contributed by atoms with Crippen molar-refractivity contribution in [2.45, 2.75) is 10.9 Å². The Hall–Kier alpha value is -4.55. The number of sulfonamides is 1. The minimum atomic E-state index is -3.92. The van der Waals surface area contributed by atoms with E-state index in [1.54, 1.807) is 36.6 Å². The summed E-state index contributed by atoms with van der Waals surface area (Å²) < 4.78 is 34.6. The molecule has 5 heteroatoms. The van der Waals surface area contributed by atoms with Crippen LogP contribution in [0, 0.1) is 23.7 Å². The molecule has 5 aromatic rings. The van der Waals surface area contributed by atoms with Crippen molar-refractivity contribution in [1.29, 1.82) is 0 Å². The maximum Gasteiger partial charge on any atom is 0.245 e. The van der Waals surface area contributed by atoms with Gasteiger partial charge in [-0.25, -0.2) is 8.42 Å². The molecule has 0 radical (unpaired) electrons. The van der Waals surface area contributed by atoms with Crippen LogP contribution in [-0.4, -0.2) is 19.3 Å². The van der Waals surface area contributed by atoms with E-state index in [4.69, 9.17) is 4.42 Å². The van der Waals surface area contributed by atoms with Crippen molar-refractivity contribution < 1.29 is 12.8 Å². The molecule has 0 saturated carbocycles. The van der Waals surface area contributed by atoms with E-state index >= 15 is 0 Å². The SMILES string of the molecule is O=S(=O)(c1ccccc1)N(CC#Cc1ccc2occc2c1)C(C#Cc1ccccc1)c1ccccc1. The van der Waals surface area contributed by atoms with Gasteiger partial charge in [0.2, 0.25) is 10.0 Å². The van der Waals surface area contributed by atoms with Crippen molar-refractivity contribution in [2.24, 2.45) is 0 Å². The molecule has 0 amide bonds. The summed E-state index contributed by atoms with van der Waals surface area (Å²) in [6.45, 7) is -0.0380. The highest BCUT2D eigenvalue weighted by molar-refractivity contribution is 7.89. The van der Waals surface area contributed by atoms with Gasteiger partial charge in [0.1, 0.15) is 11.6 Å². The van der Waals surface area contributed by atoms with Gasteiger partial charge in [0.15, 0.2) is 0 Å². The standard InChI is InChI=1S/C32H23NO3S/c34-37(35,30-16-8-3-9-17-30)33(23-10-13-27-19-21-32-29(25-27)22-24-36-32)31(28-14-6-2-7-15-28)20-18-26-11-4-1-5-12-26/h1-9,11-12,14-17,19,21-22,24-25,31H,23H2. The molecule has 0 aliphatic rings. The van der Waals surface area contributed by atoms with E-state index in [0.29, 0.717) is 0 Å². The minimum Gasteiger partial charge on any atom is -0.464 e. The Balaban J connectivity index is 1.58. The van der Waals surface area contributed by atoms with Crippen LogP contribution in [0.3, 0.4) is 0 Å². The van der Waals surface area contributed by atoms with Crippen molar-refractivity contribution >= 4 is 21.0 Å². The van der Waals surface area contributed by atoms with E-state index in [1.165, 1.54) is 4.31 Å². The number of nitrogens with zero attached hydrogens (tertiary/aromatic N) is 1. The van der Waals surface area contributed by atoms with Gasteiger partial charge in [-0.05, 0) is 54.1 Å². The first-order chi connectivity index (χ1) is 18.1. The van der Waals surface area contributed by atoms with Gasteiger partial charge in [-0.3, -0.25) is 0 Å². The molecule has 1 aromatic heterocycles. The van der Waals surface area contributed by atoms with Crippen molar-refractivity contribution in [3.8, 4) is 23.7 Å². The van der Waals surface area contributed by atoms with Gasteiger partial charge in [-0.2, -0.15) is 4.31 Å². The lowest BCUT2D eigenvalue weighted by molar-refractivity contribution is 0.410. The van der Waals surface area contributed by atoms with Crippen molar-refractivity contribution in [3.05, 3.63) is 138 Å². The van der Waals surface area contributed by atoms with E-state index in [1.807, 2.05) is 84.9 Å². The molecule has 1 unspecified atom stereocenters. The Morgan fingerprint density at radius 2 is 1.41 bits per heavy atom. The van der Waals surface area contributed by atoms with E-state index in [-0.39, 0.29) is 11.4 Å². The van der Waals surface area contributed by atoms with E-state index in [2.05, 4.69) is 23.7 Å². The summed E-state index contributed by atoms with van der Waals surface area (Å²) in [6, 6.07) is 34.1. The highest BCUT2D eigenvalue weighted by Gasteiger charge is 2.31. The molecule has 0 spiro atoms. The molecule has 0 aliphatic heterocycles. The van der Waals surface area contributed by atoms with Crippen LogP contribution in [0.2, 0.25) is 0 Å². The Morgan fingerprint density at radius 1 is 0.730 bits per heavy atom. The molecule has 180 valence electrons. The number of furan rings is 1. The van der Waals surface area contributed by atoms with Crippen molar-refractivity contribution in [2.75, 3.05) is 6.54 Å². The molecular weight excluding hydrogens is 478 g/mol. The monoisotopic (exact) mass is 501 g/mol. The van der Waals surface area contributed by atoms with Crippen LogP contribution >= 0.6 is 0 Å². The maximum atomic E-state index is 13.9. The average Bonchev–Trinajstić information content (AvgIpc) is 3.42. The van der Waals surface area contributed by atoms with E-state index in [9.17, 15) is 8.42 Å². The number of benzene rings is 4. The van der Waals surface area contributed by atoms with Gasteiger partial charge >= 0.3 is 0 Å². The third kappa shape index (κ3) is 5.66. The Bertz CT molecular complexity index is 1720. The fourth-order valence-corrected chi connectivity index (χ4v) is 5.40. The van der Waals surface area contributed by atoms with Gasteiger partial charge in [0.25, 0.3) is 0 Å². The fourth-order valence-electron chi connectivity index (χ4n) is 3.94. The maximum absolute atomic E-state index is 13.9. The molecule has 0 bridgehead atoms. The molecule has 0 aliphatic carbocycles. The quantitative estimate of drug-likeness (QED) is 0.267. The van der Waals surface area contributed by atoms with Crippen molar-refractivity contribution in [3.63, 3.8) is 0 Å². The largest absolute Gasteiger partial charge is 0.464 e. The van der Waals surface area contributed by atoms with E-state index < -0.39 is 16.1 Å². The molecule has 4 nitrogen and oxygen atoms in total. The topological polar surface area (TPSA) is 50.5 Å². The summed E-state index contributed by atoms with van der Waals surface area (Å²) in [5.74, 6) is 12.6. The molecule has 1 atom stereocenters. The van der Waals surface area contributed by atoms with Gasteiger partial charge < -0.3 is 4.42 Å². The summed E-state index contributed by atoms with van der Waals surface area (Å²) in [5.41, 5.74) is 3.13. The summed E-state index contributed by atoms with van der Waals surface area (Å²) >= 11 is 0. The lowest BCUT2D eigenvalue weighted by atomic mass is 10.1. The minimum absolute atomic E-state index is 0.0380. The first-order valence-corrected chi connectivity index (χ1v) is 13.2. The number of hydrogen-bond donors (Lipinski definition) is 0. The highest BCUT2D eigenvalue weighted by Crippen LogP contribution is 2.27. The van der Waals surface area contributed by atoms with Crippen LogP contribution < -0.4 is 0 Å². The second-order valence-corrected chi connectivity index (χ2v) is 10.2. The van der Waals surface area contributed by atoms with Crippen LogP contribution in [0.1, 0.15) is 22.7 Å². The zero-order valence-corrected chi connectivity index (χ0v) is 20.7.